The van der Waals surface area contributed by atoms with Gasteiger partial charge in [0, 0.05) is 11.4 Å². The zero-order valence-corrected chi connectivity index (χ0v) is 7.51. The molecule has 2 nitrogen and oxygen atoms in total. The molecule has 0 aliphatic rings. The monoisotopic (exact) mass is 202 g/mol. The third-order valence-corrected chi connectivity index (χ3v) is 1.98. The second kappa shape index (κ2) is 4.23. The maximum Gasteiger partial charge on any atom is 0.303 e. The average Bonchev–Trinajstić information content (AvgIpc) is 2.06. The lowest BCUT2D eigenvalue weighted by Gasteiger charge is -2.01. The Morgan fingerprint density at radius 3 is 2.85 bits per heavy atom. The summed E-state index contributed by atoms with van der Waals surface area (Å²) in [7, 11) is 0. The molecule has 0 bridgehead atoms. The minimum Gasteiger partial charge on any atom is -0.481 e. The average molecular weight is 203 g/mol. The lowest BCUT2D eigenvalue weighted by Crippen LogP contribution is -1.98. The number of hydrogen-bond acceptors (Lipinski definition) is 1. The largest absolute Gasteiger partial charge is 0.481 e. The molecule has 0 heterocycles. The minimum absolute atomic E-state index is 0.0385. The summed E-state index contributed by atoms with van der Waals surface area (Å²) in [6.45, 7) is 0. The van der Waals surface area contributed by atoms with Crippen molar-refractivity contribution >= 4 is 17.6 Å². The number of rotatable bonds is 3. The molecule has 1 rings (SSSR count). The Kier molecular flexibility index (Phi) is 3.25. The minimum atomic E-state index is -0.916. The number of carboxylic acids is 1. The highest BCUT2D eigenvalue weighted by atomic mass is 35.5. The molecule has 4 heteroatoms. The summed E-state index contributed by atoms with van der Waals surface area (Å²) in [6, 6.07) is 3.92. The summed E-state index contributed by atoms with van der Waals surface area (Å²) in [5, 5.41) is 8.80. The maximum absolute atomic E-state index is 12.7. The van der Waals surface area contributed by atoms with Gasteiger partial charge in [0.1, 0.15) is 5.82 Å². The Labute approximate surface area is 80.0 Å². The molecule has 0 spiro atoms. The lowest BCUT2D eigenvalue weighted by atomic mass is 10.1. The molecule has 0 atom stereocenters. The third kappa shape index (κ3) is 3.03. The quantitative estimate of drug-likeness (QED) is 0.818. The predicted octanol–water partition coefficient (Wildman–Crippen LogP) is 2.50. The second-order valence-corrected chi connectivity index (χ2v) is 3.04. The van der Waals surface area contributed by atoms with E-state index in [2.05, 4.69) is 0 Å². The van der Waals surface area contributed by atoms with Crippen LogP contribution in [0.15, 0.2) is 18.2 Å². The number of aryl methyl sites for hydroxylation is 1. The van der Waals surface area contributed by atoms with Crippen molar-refractivity contribution < 1.29 is 14.3 Å². The molecule has 1 aromatic carbocycles. The summed E-state index contributed by atoms with van der Waals surface area (Å²) in [5.41, 5.74) is 0.532. The van der Waals surface area contributed by atoms with Crippen molar-refractivity contribution in [2.24, 2.45) is 0 Å². The van der Waals surface area contributed by atoms with Gasteiger partial charge in [0.25, 0.3) is 0 Å². The molecule has 0 fully saturated rings. The van der Waals surface area contributed by atoms with Crippen LogP contribution in [0, 0.1) is 5.82 Å². The SMILES string of the molecule is O=C(O)CCc1cc(F)ccc1Cl. The smallest absolute Gasteiger partial charge is 0.303 e. The maximum atomic E-state index is 12.7. The highest BCUT2D eigenvalue weighted by Gasteiger charge is 2.04. The van der Waals surface area contributed by atoms with E-state index >= 15 is 0 Å². The van der Waals surface area contributed by atoms with Crippen molar-refractivity contribution in [3.8, 4) is 0 Å². The van der Waals surface area contributed by atoms with Gasteiger partial charge in [-0.1, -0.05) is 11.6 Å². The Balaban J connectivity index is 2.75. The van der Waals surface area contributed by atoms with Gasteiger partial charge in [0.15, 0.2) is 0 Å². The fraction of sp³-hybridized carbons (Fsp3) is 0.222. The fourth-order valence-electron chi connectivity index (χ4n) is 0.976. The van der Waals surface area contributed by atoms with Gasteiger partial charge in [-0.2, -0.15) is 0 Å². The molecular formula is C9H8ClFO2. The number of benzene rings is 1. The molecule has 0 saturated heterocycles. The molecular weight excluding hydrogens is 195 g/mol. The second-order valence-electron chi connectivity index (χ2n) is 2.63. The fourth-order valence-corrected chi connectivity index (χ4v) is 1.19. The van der Waals surface area contributed by atoms with Crippen molar-refractivity contribution in [2.45, 2.75) is 12.8 Å². The summed E-state index contributed by atoms with van der Waals surface area (Å²) in [6.07, 6.45) is 0.217. The first-order valence-corrected chi connectivity index (χ1v) is 4.13. The van der Waals surface area contributed by atoms with Crippen molar-refractivity contribution in [3.05, 3.63) is 34.6 Å². The normalized spacial score (nSPS) is 10.0. The van der Waals surface area contributed by atoms with Crippen LogP contribution in [0.3, 0.4) is 0 Å². The number of halogens is 2. The van der Waals surface area contributed by atoms with E-state index in [1.807, 2.05) is 0 Å². The van der Waals surface area contributed by atoms with E-state index in [1.165, 1.54) is 18.2 Å². The molecule has 0 aromatic heterocycles. The van der Waals surface area contributed by atoms with Gasteiger partial charge in [0.2, 0.25) is 0 Å². The molecule has 13 heavy (non-hydrogen) atoms. The van der Waals surface area contributed by atoms with E-state index in [0.717, 1.165) is 0 Å². The predicted molar refractivity (Wildman–Crippen MR) is 47.4 cm³/mol. The Hall–Kier alpha value is -1.09. The molecule has 1 aromatic rings. The van der Waals surface area contributed by atoms with Gasteiger partial charge in [-0.15, -0.1) is 0 Å². The van der Waals surface area contributed by atoms with Gasteiger partial charge in [-0.25, -0.2) is 4.39 Å². The van der Waals surface area contributed by atoms with Crippen molar-refractivity contribution in [2.75, 3.05) is 0 Å². The van der Waals surface area contributed by atoms with Crippen LogP contribution in [0.25, 0.3) is 0 Å². The topological polar surface area (TPSA) is 37.3 Å². The lowest BCUT2D eigenvalue weighted by molar-refractivity contribution is -0.136. The standard InChI is InChI=1S/C9H8ClFO2/c10-8-3-2-7(11)5-6(8)1-4-9(12)13/h2-3,5H,1,4H2,(H,12,13). The first kappa shape index (κ1) is 9.99. The molecule has 0 unspecified atom stereocenters. The van der Waals surface area contributed by atoms with Crippen LogP contribution >= 0.6 is 11.6 Å². The Morgan fingerprint density at radius 2 is 2.23 bits per heavy atom. The van der Waals surface area contributed by atoms with Crippen LogP contribution in [0.1, 0.15) is 12.0 Å². The van der Waals surface area contributed by atoms with Gasteiger partial charge < -0.3 is 5.11 Å². The van der Waals surface area contributed by atoms with Gasteiger partial charge >= 0.3 is 5.97 Å². The molecule has 70 valence electrons. The van der Waals surface area contributed by atoms with Crippen molar-refractivity contribution in [3.63, 3.8) is 0 Å². The molecule has 0 amide bonds. The Bertz CT molecular complexity index is 325. The van der Waals surface area contributed by atoms with Gasteiger partial charge in [0.05, 0.1) is 0 Å². The molecule has 0 aliphatic heterocycles. The van der Waals surface area contributed by atoms with Crippen LogP contribution in [0.2, 0.25) is 5.02 Å². The van der Waals surface area contributed by atoms with Crippen molar-refractivity contribution in [1.29, 1.82) is 0 Å². The number of carboxylic acid groups (broad SMARTS) is 1. The first-order valence-electron chi connectivity index (χ1n) is 3.75. The van der Waals surface area contributed by atoms with Crippen LogP contribution in [-0.4, -0.2) is 11.1 Å². The van der Waals surface area contributed by atoms with E-state index < -0.39 is 11.8 Å². The summed E-state index contributed by atoms with van der Waals surface area (Å²) in [5.74, 6) is -1.31. The van der Waals surface area contributed by atoms with Gasteiger partial charge in [-0.05, 0) is 30.2 Å². The molecule has 1 N–H and O–H groups in total. The zero-order chi connectivity index (χ0) is 9.84. The zero-order valence-electron chi connectivity index (χ0n) is 6.76. The summed E-state index contributed by atoms with van der Waals surface area (Å²) >= 11 is 5.72. The highest BCUT2D eigenvalue weighted by Crippen LogP contribution is 2.18. The van der Waals surface area contributed by atoms with Crippen LogP contribution in [0.5, 0.6) is 0 Å². The Morgan fingerprint density at radius 1 is 1.54 bits per heavy atom. The summed E-state index contributed by atoms with van der Waals surface area (Å²) < 4.78 is 12.7. The molecule has 0 saturated carbocycles. The third-order valence-electron chi connectivity index (χ3n) is 1.62. The van der Waals surface area contributed by atoms with E-state index in [4.69, 9.17) is 16.7 Å². The van der Waals surface area contributed by atoms with Crippen LogP contribution < -0.4 is 0 Å². The number of hydrogen-bond donors (Lipinski definition) is 1. The number of carbonyl (C=O) groups is 1. The van der Waals surface area contributed by atoms with Crippen LogP contribution in [0.4, 0.5) is 4.39 Å². The van der Waals surface area contributed by atoms with E-state index in [1.54, 1.807) is 0 Å². The molecule has 0 radical (unpaired) electrons. The van der Waals surface area contributed by atoms with E-state index in [0.29, 0.717) is 10.6 Å². The first-order chi connectivity index (χ1) is 6.09. The van der Waals surface area contributed by atoms with Crippen LogP contribution in [-0.2, 0) is 11.2 Å². The number of aliphatic carboxylic acids is 1. The molecule has 0 aliphatic carbocycles. The van der Waals surface area contributed by atoms with E-state index in [-0.39, 0.29) is 12.8 Å². The van der Waals surface area contributed by atoms with Crippen molar-refractivity contribution in [1.82, 2.24) is 0 Å². The highest BCUT2D eigenvalue weighted by molar-refractivity contribution is 6.31. The van der Waals surface area contributed by atoms with E-state index in [9.17, 15) is 9.18 Å². The van der Waals surface area contributed by atoms with Gasteiger partial charge in [-0.3, -0.25) is 4.79 Å². The summed E-state index contributed by atoms with van der Waals surface area (Å²) in [4.78, 5) is 10.2.